The lowest BCUT2D eigenvalue weighted by Crippen LogP contribution is -2.02. The molecule has 6 nitrogen and oxygen atoms in total. The van der Waals surface area contributed by atoms with E-state index in [0.29, 0.717) is 13.2 Å². The van der Waals surface area contributed by atoms with E-state index in [0.717, 1.165) is 25.7 Å². The van der Waals surface area contributed by atoms with Crippen LogP contribution < -0.4 is 0 Å². The highest BCUT2D eigenvalue weighted by molar-refractivity contribution is 4.49. The van der Waals surface area contributed by atoms with Crippen LogP contribution in [0.1, 0.15) is 149 Å². The molecule has 188 valence electrons. The second-order valence-corrected chi connectivity index (χ2v) is 8.63. The SMILES string of the molecule is CCCCCCCCCCCCCCCCCCOOOOOOCCCCCCC. The molecule has 0 fully saturated rings. The Labute approximate surface area is 192 Å². The summed E-state index contributed by atoms with van der Waals surface area (Å²) in [5.74, 6) is 0. The van der Waals surface area contributed by atoms with Gasteiger partial charge in [-0.2, -0.15) is 0 Å². The first-order chi connectivity index (χ1) is 15.4. The van der Waals surface area contributed by atoms with Crippen LogP contribution in [0.4, 0.5) is 0 Å². The van der Waals surface area contributed by atoms with Gasteiger partial charge in [-0.1, -0.05) is 136 Å². The molecule has 0 heterocycles. The quantitative estimate of drug-likeness (QED) is 0.0676. The van der Waals surface area contributed by atoms with Crippen LogP contribution >= 0.6 is 0 Å². The summed E-state index contributed by atoms with van der Waals surface area (Å²) in [5.41, 5.74) is 0. The van der Waals surface area contributed by atoms with E-state index in [2.05, 4.69) is 34.0 Å². The third kappa shape index (κ3) is 29.8. The standard InChI is InChI=1S/C25H52O6/c1-3-5-7-9-10-11-12-13-14-15-16-17-18-19-21-23-25-27-29-31-30-28-26-24-22-20-8-6-4-2/h3-25H2,1-2H3. The largest absolute Gasteiger partial charge is 0.204 e. The van der Waals surface area contributed by atoms with Gasteiger partial charge in [0.05, 0.1) is 13.2 Å². The first-order valence-electron chi connectivity index (χ1n) is 13.3. The third-order valence-electron chi connectivity index (χ3n) is 5.59. The Morgan fingerprint density at radius 2 is 0.548 bits per heavy atom. The molecule has 0 aromatic rings. The van der Waals surface area contributed by atoms with Crippen LogP contribution in [-0.4, -0.2) is 13.2 Å². The molecule has 0 aliphatic carbocycles. The predicted octanol–water partition coefficient (Wildman–Crippen LogP) is 8.89. The van der Waals surface area contributed by atoms with E-state index in [1.54, 1.807) is 0 Å². The maximum atomic E-state index is 4.84. The van der Waals surface area contributed by atoms with Gasteiger partial charge in [0.1, 0.15) is 0 Å². The molecule has 0 rings (SSSR count). The molecule has 0 saturated heterocycles. The van der Waals surface area contributed by atoms with Gasteiger partial charge >= 0.3 is 0 Å². The lowest BCUT2D eigenvalue weighted by atomic mass is 10.0. The fourth-order valence-electron chi connectivity index (χ4n) is 3.60. The summed E-state index contributed by atoms with van der Waals surface area (Å²) in [7, 11) is 0. The molecule has 0 unspecified atom stereocenters. The van der Waals surface area contributed by atoms with Gasteiger partial charge in [0.2, 0.25) is 0 Å². The van der Waals surface area contributed by atoms with E-state index >= 15 is 0 Å². The third-order valence-corrected chi connectivity index (χ3v) is 5.59. The Bertz CT molecular complexity index is 276. The second kappa shape index (κ2) is 29.8. The molecule has 0 aromatic carbocycles. The minimum absolute atomic E-state index is 0.465. The highest BCUT2D eigenvalue weighted by atomic mass is 17.8. The maximum Gasteiger partial charge on any atom is 0.0855 e. The molecule has 0 aromatic heterocycles. The van der Waals surface area contributed by atoms with Crippen LogP contribution in [0.25, 0.3) is 0 Å². The minimum atomic E-state index is 0.465. The van der Waals surface area contributed by atoms with E-state index < -0.39 is 0 Å². The molecule has 0 aliphatic rings. The first-order valence-corrected chi connectivity index (χ1v) is 13.3. The zero-order valence-electron chi connectivity index (χ0n) is 20.7. The summed E-state index contributed by atoms with van der Waals surface area (Å²) < 4.78 is 0. The van der Waals surface area contributed by atoms with Crippen molar-refractivity contribution in [2.45, 2.75) is 149 Å². The van der Waals surface area contributed by atoms with E-state index in [1.165, 1.54) is 109 Å². The van der Waals surface area contributed by atoms with Gasteiger partial charge in [-0.15, -0.1) is 0 Å². The van der Waals surface area contributed by atoms with Gasteiger partial charge in [0.25, 0.3) is 0 Å². The summed E-state index contributed by atoms with van der Waals surface area (Å²) in [4.78, 5) is 9.61. The molecule has 31 heavy (non-hydrogen) atoms. The molecule has 0 bridgehead atoms. The normalized spacial score (nSPS) is 11.4. The van der Waals surface area contributed by atoms with Gasteiger partial charge in [0, 0.05) is 0 Å². The van der Waals surface area contributed by atoms with Crippen molar-refractivity contribution in [1.29, 1.82) is 0 Å². The number of hydrogen-bond donors (Lipinski definition) is 0. The van der Waals surface area contributed by atoms with E-state index in [1.807, 2.05) is 0 Å². The number of unbranched alkanes of at least 4 members (excludes halogenated alkanes) is 19. The summed E-state index contributed by atoms with van der Waals surface area (Å²) >= 11 is 0. The summed E-state index contributed by atoms with van der Waals surface area (Å²) in [6.45, 7) is 5.41. The molecule has 0 atom stereocenters. The van der Waals surface area contributed by atoms with Gasteiger partial charge in [0.15, 0.2) is 0 Å². The van der Waals surface area contributed by atoms with Crippen LogP contribution in [0.15, 0.2) is 0 Å². The predicted molar refractivity (Wildman–Crippen MR) is 125 cm³/mol. The number of hydrogen-bond acceptors (Lipinski definition) is 6. The zero-order valence-corrected chi connectivity index (χ0v) is 20.7. The van der Waals surface area contributed by atoms with Gasteiger partial charge in [-0.3, -0.25) is 0 Å². The summed E-state index contributed by atoms with van der Waals surface area (Å²) in [6, 6.07) is 0. The molecule has 0 saturated carbocycles. The highest BCUT2D eigenvalue weighted by Gasteiger charge is 1.97. The Balaban J connectivity index is 2.98. The second-order valence-electron chi connectivity index (χ2n) is 8.63. The Morgan fingerprint density at radius 3 is 0.839 bits per heavy atom. The van der Waals surface area contributed by atoms with Crippen molar-refractivity contribution in [2.75, 3.05) is 13.2 Å². The van der Waals surface area contributed by atoms with Crippen LogP contribution in [0.3, 0.4) is 0 Å². The van der Waals surface area contributed by atoms with Crippen molar-refractivity contribution in [3.05, 3.63) is 0 Å². The van der Waals surface area contributed by atoms with E-state index in [9.17, 15) is 0 Å². The first kappa shape index (κ1) is 30.8. The molecular weight excluding hydrogens is 396 g/mol. The van der Waals surface area contributed by atoms with E-state index in [-0.39, 0.29) is 0 Å². The van der Waals surface area contributed by atoms with Crippen LogP contribution in [0.5, 0.6) is 0 Å². The van der Waals surface area contributed by atoms with Crippen molar-refractivity contribution in [3.8, 4) is 0 Å². The van der Waals surface area contributed by atoms with Gasteiger partial charge in [-0.05, 0) is 33.0 Å². The Morgan fingerprint density at radius 1 is 0.290 bits per heavy atom. The highest BCUT2D eigenvalue weighted by Crippen LogP contribution is 2.13. The van der Waals surface area contributed by atoms with Crippen molar-refractivity contribution in [2.24, 2.45) is 0 Å². The van der Waals surface area contributed by atoms with Crippen molar-refractivity contribution >= 4 is 0 Å². The smallest absolute Gasteiger partial charge is 0.0855 e. The maximum absolute atomic E-state index is 4.84. The lowest BCUT2D eigenvalue weighted by molar-refractivity contribution is -0.756. The fourth-order valence-corrected chi connectivity index (χ4v) is 3.60. The molecule has 6 heteroatoms. The summed E-state index contributed by atoms with van der Waals surface area (Å²) in [6.07, 6.45) is 27.3. The molecule has 0 aliphatic heterocycles. The Kier molecular flexibility index (Phi) is 29.5. The van der Waals surface area contributed by atoms with Crippen molar-refractivity contribution in [1.82, 2.24) is 0 Å². The van der Waals surface area contributed by atoms with Crippen LogP contribution in [-0.2, 0) is 29.9 Å². The average Bonchev–Trinajstić information content (AvgIpc) is 2.78. The van der Waals surface area contributed by atoms with Crippen molar-refractivity contribution in [3.63, 3.8) is 0 Å². The molecule has 0 radical (unpaired) electrons. The van der Waals surface area contributed by atoms with Gasteiger partial charge in [-0.25, -0.2) is 9.78 Å². The topological polar surface area (TPSA) is 55.4 Å². The fraction of sp³-hybridized carbons (Fsp3) is 1.00. The molecule has 0 amide bonds. The van der Waals surface area contributed by atoms with Crippen LogP contribution in [0.2, 0.25) is 0 Å². The molecule has 0 spiro atoms. The number of rotatable bonds is 28. The van der Waals surface area contributed by atoms with Crippen molar-refractivity contribution < 1.29 is 29.9 Å². The molecule has 0 N–H and O–H groups in total. The lowest BCUT2D eigenvalue weighted by Gasteiger charge is -2.04. The summed E-state index contributed by atoms with van der Waals surface area (Å²) in [5, 5.41) is 17.2. The van der Waals surface area contributed by atoms with E-state index in [4.69, 9.17) is 9.78 Å². The zero-order chi connectivity index (χ0) is 22.5. The Hall–Kier alpha value is -0.240. The van der Waals surface area contributed by atoms with Crippen LogP contribution in [0, 0.1) is 0 Å². The average molecular weight is 449 g/mol. The molecular formula is C25H52O6. The van der Waals surface area contributed by atoms with Gasteiger partial charge < -0.3 is 0 Å². The monoisotopic (exact) mass is 448 g/mol. The minimum Gasteiger partial charge on any atom is -0.204 e.